The standard InChI is InChI=1S/C13H28N2O/c1-3-6-12(14)13(10-16)15(4-2)9-11-7-5-8-11/h11-13,16H,3-10,14H2,1-2H3. The number of hydrogen-bond donors (Lipinski definition) is 2. The van der Waals surface area contributed by atoms with Crippen LogP contribution in [0.25, 0.3) is 0 Å². The van der Waals surface area contributed by atoms with E-state index in [-0.39, 0.29) is 18.7 Å². The zero-order chi connectivity index (χ0) is 12.0. The highest BCUT2D eigenvalue weighted by atomic mass is 16.3. The Hall–Kier alpha value is -0.120. The number of aliphatic hydroxyl groups excluding tert-OH is 1. The molecule has 16 heavy (non-hydrogen) atoms. The van der Waals surface area contributed by atoms with Gasteiger partial charge in [-0.05, 0) is 31.7 Å². The second kappa shape index (κ2) is 7.25. The summed E-state index contributed by atoms with van der Waals surface area (Å²) in [6.45, 7) is 6.64. The highest BCUT2D eigenvalue weighted by Gasteiger charge is 2.27. The Kier molecular flexibility index (Phi) is 6.32. The van der Waals surface area contributed by atoms with Gasteiger partial charge in [0.1, 0.15) is 0 Å². The lowest BCUT2D eigenvalue weighted by Crippen LogP contribution is -2.51. The summed E-state index contributed by atoms with van der Waals surface area (Å²) in [5.41, 5.74) is 6.15. The Balaban J connectivity index is 2.44. The predicted molar refractivity (Wildman–Crippen MR) is 68.3 cm³/mol. The van der Waals surface area contributed by atoms with Gasteiger partial charge in [0.25, 0.3) is 0 Å². The van der Waals surface area contributed by atoms with Crippen molar-refractivity contribution in [3.63, 3.8) is 0 Å². The molecule has 2 unspecified atom stereocenters. The van der Waals surface area contributed by atoms with Gasteiger partial charge in [0.15, 0.2) is 0 Å². The summed E-state index contributed by atoms with van der Waals surface area (Å²) in [5.74, 6) is 0.850. The topological polar surface area (TPSA) is 49.5 Å². The first-order chi connectivity index (χ1) is 7.72. The average Bonchev–Trinajstić information content (AvgIpc) is 2.21. The van der Waals surface area contributed by atoms with E-state index in [1.165, 1.54) is 19.3 Å². The van der Waals surface area contributed by atoms with Crippen LogP contribution in [0, 0.1) is 5.92 Å². The zero-order valence-corrected chi connectivity index (χ0v) is 10.9. The molecule has 1 saturated carbocycles. The third-order valence-corrected chi connectivity index (χ3v) is 3.90. The van der Waals surface area contributed by atoms with Gasteiger partial charge >= 0.3 is 0 Å². The van der Waals surface area contributed by atoms with E-state index >= 15 is 0 Å². The summed E-state index contributed by atoms with van der Waals surface area (Å²) in [7, 11) is 0. The number of nitrogens with two attached hydrogens (primary N) is 1. The van der Waals surface area contributed by atoms with Gasteiger partial charge in [0.05, 0.1) is 6.61 Å². The highest BCUT2D eigenvalue weighted by molar-refractivity contribution is 4.84. The summed E-state index contributed by atoms with van der Waals surface area (Å²) < 4.78 is 0. The molecule has 0 saturated heterocycles. The minimum atomic E-state index is 0.120. The summed E-state index contributed by atoms with van der Waals surface area (Å²) in [6, 6.07) is 0.278. The lowest BCUT2D eigenvalue weighted by molar-refractivity contribution is 0.0763. The van der Waals surface area contributed by atoms with E-state index in [1.807, 2.05) is 0 Å². The SMILES string of the molecule is CCCC(N)C(CO)N(CC)CC1CCC1. The van der Waals surface area contributed by atoms with Crippen LogP contribution in [-0.4, -0.2) is 41.8 Å². The fourth-order valence-corrected chi connectivity index (χ4v) is 2.55. The Morgan fingerprint density at radius 2 is 2.06 bits per heavy atom. The molecule has 1 aliphatic rings. The molecule has 0 amide bonds. The third kappa shape index (κ3) is 3.72. The fraction of sp³-hybridized carbons (Fsp3) is 1.00. The van der Waals surface area contributed by atoms with Crippen LogP contribution in [0.15, 0.2) is 0 Å². The molecule has 3 N–H and O–H groups in total. The number of nitrogens with zero attached hydrogens (tertiary/aromatic N) is 1. The van der Waals surface area contributed by atoms with Crippen LogP contribution < -0.4 is 5.73 Å². The van der Waals surface area contributed by atoms with Gasteiger partial charge in [-0.3, -0.25) is 4.90 Å². The van der Waals surface area contributed by atoms with Gasteiger partial charge in [-0.15, -0.1) is 0 Å². The Morgan fingerprint density at radius 1 is 1.38 bits per heavy atom. The summed E-state index contributed by atoms with van der Waals surface area (Å²) in [4.78, 5) is 2.38. The Labute approximate surface area is 100 Å². The molecule has 0 bridgehead atoms. The smallest absolute Gasteiger partial charge is 0.0601 e. The minimum Gasteiger partial charge on any atom is -0.395 e. The van der Waals surface area contributed by atoms with E-state index in [2.05, 4.69) is 18.7 Å². The van der Waals surface area contributed by atoms with Gasteiger partial charge in [-0.2, -0.15) is 0 Å². The van der Waals surface area contributed by atoms with Crippen molar-refractivity contribution in [1.29, 1.82) is 0 Å². The molecule has 0 aromatic carbocycles. The van der Waals surface area contributed by atoms with Crippen molar-refractivity contribution in [2.75, 3.05) is 19.7 Å². The van der Waals surface area contributed by atoms with Crippen LogP contribution in [0.1, 0.15) is 46.0 Å². The van der Waals surface area contributed by atoms with Crippen LogP contribution >= 0.6 is 0 Å². The van der Waals surface area contributed by atoms with E-state index in [0.29, 0.717) is 0 Å². The molecule has 0 aromatic rings. The molecular weight excluding hydrogens is 200 g/mol. The van der Waals surface area contributed by atoms with E-state index in [1.54, 1.807) is 0 Å². The molecular formula is C13H28N2O. The Morgan fingerprint density at radius 3 is 2.44 bits per heavy atom. The molecule has 96 valence electrons. The summed E-state index contributed by atoms with van der Waals surface area (Å²) in [5, 5.41) is 9.51. The molecule has 1 fully saturated rings. The quantitative estimate of drug-likeness (QED) is 0.663. The van der Waals surface area contributed by atoms with Crippen molar-refractivity contribution >= 4 is 0 Å². The average molecular weight is 228 g/mol. The van der Waals surface area contributed by atoms with Crippen LogP contribution in [-0.2, 0) is 0 Å². The van der Waals surface area contributed by atoms with Crippen LogP contribution in [0.4, 0.5) is 0 Å². The third-order valence-electron chi connectivity index (χ3n) is 3.90. The van der Waals surface area contributed by atoms with Crippen LogP contribution in [0.5, 0.6) is 0 Å². The van der Waals surface area contributed by atoms with Crippen LogP contribution in [0.3, 0.4) is 0 Å². The number of hydrogen-bond acceptors (Lipinski definition) is 3. The van der Waals surface area contributed by atoms with Crippen molar-refractivity contribution in [1.82, 2.24) is 4.90 Å². The van der Waals surface area contributed by atoms with E-state index in [9.17, 15) is 5.11 Å². The number of aliphatic hydroxyl groups is 1. The van der Waals surface area contributed by atoms with Crippen molar-refractivity contribution in [2.24, 2.45) is 11.7 Å². The molecule has 1 aliphatic carbocycles. The second-order valence-electron chi connectivity index (χ2n) is 5.09. The lowest BCUT2D eigenvalue weighted by atomic mass is 9.84. The second-order valence-corrected chi connectivity index (χ2v) is 5.09. The van der Waals surface area contributed by atoms with Gasteiger partial charge in [0.2, 0.25) is 0 Å². The minimum absolute atomic E-state index is 0.120. The summed E-state index contributed by atoms with van der Waals surface area (Å²) in [6.07, 6.45) is 6.20. The monoisotopic (exact) mass is 228 g/mol. The first-order valence-corrected chi connectivity index (χ1v) is 6.83. The summed E-state index contributed by atoms with van der Waals surface area (Å²) >= 11 is 0. The van der Waals surface area contributed by atoms with E-state index < -0.39 is 0 Å². The van der Waals surface area contributed by atoms with Crippen molar-refractivity contribution in [2.45, 2.75) is 58.0 Å². The molecule has 0 aromatic heterocycles. The molecule has 0 radical (unpaired) electrons. The first kappa shape index (κ1) is 13.9. The van der Waals surface area contributed by atoms with Crippen molar-refractivity contribution in [3.05, 3.63) is 0 Å². The van der Waals surface area contributed by atoms with E-state index in [4.69, 9.17) is 5.73 Å². The van der Waals surface area contributed by atoms with Gasteiger partial charge in [-0.25, -0.2) is 0 Å². The normalized spacial score (nSPS) is 20.8. The predicted octanol–water partition coefficient (Wildman–Crippen LogP) is 1.60. The molecule has 1 rings (SSSR count). The molecule has 0 spiro atoms. The van der Waals surface area contributed by atoms with Gasteiger partial charge in [-0.1, -0.05) is 26.7 Å². The Bertz CT molecular complexity index is 183. The molecule has 0 aliphatic heterocycles. The first-order valence-electron chi connectivity index (χ1n) is 6.83. The number of rotatable bonds is 8. The zero-order valence-electron chi connectivity index (χ0n) is 10.9. The maximum absolute atomic E-state index is 9.51. The molecule has 2 atom stereocenters. The highest BCUT2D eigenvalue weighted by Crippen LogP contribution is 2.28. The van der Waals surface area contributed by atoms with Crippen LogP contribution in [0.2, 0.25) is 0 Å². The lowest BCUT2D eigenvalue weighted by Gasteiger charge is -2.38. The fourth-order valence-electron chi connectivity index (χ4n) is 2.55. The number of likely N-dealkylation sites (N-methyl/N-ethyl adjacent to an activating group) is 1. The molecule has 3 nitrogen and oxygen atoms in total. The maximum Gasteiger partial charge on any atom is 0.0601 e. The van der Waals surface area contributed by atoms with Gasteiger partial charge < -0.3 is 10.8 Å². The maximum atomic E-state index is 9.51. The van der Waals surface area contributed by atoms with E-state index in [0.717, 1.165) is 31.8 Å². The molecule has 0 heterocycles. The molecule has 3 heteroatoms. The van der Waals surface area contributed by atoms with Crippen molar-refractivity contribution < 1.29 is 5.11 Å². The largest absolute Gasteiger partial charge is 0.395 e. The van der Waals surface area contributed by atoms with Gasteiger partial charge in [0, 0.05) is 18.6 Å². The van der Waals surface area contributed by atoms with Crippen molar-refractivity contribution in [3.8, 4) is 0 Å².